The quantitative estimate of drug-likeness (QED) is 0.795. The average Bonchev–Trinajstić information content (AvgIpc) is 2.65. The number of rotatable bonds is 3. The third-order valence-electron chi connectivity index (χ3n) is 2.49. The molecule has 0 aliphatic carbocycles. The Morgan fingerprint density at radius 3 is 2.88 bits per heavy atom. The molecule has 1 fully saturated rings. The summed E-state index contributed by atoms with van der Waals surface area (Å²) in [4.78, 5) is 15.4. The zero-order valence-electron chi connectivity index (χ0n) is 8.42. The summed E-state index contributed by atoms with van der Waals surface area (Å²) in [7, 11) is 0. The van der Waals surface area contributed by atoms with Gasteiger partial charge in [-0.3, -0.25) is 9.79 Å². The van der Waals surface area contributed by atoms with Crippen molar-refractivity contribution >= 4 is 22.7 Å². The summed E-state index contributed by atoms with van der Waals surface area (Å²) in [6.07, 6.45) is 0. The number of carbonyl (C=O) groups excluding carboxylic acids is 1. The van der Waals surface area contributed by atoms with Crippen molar-refractivity contribution in [2.75, 3.05) is 6.61 Å². The van der Waals surface area contributed by atoms with E-state index in [-0.39, 0.29) is 17.3 Å². The molecule has 2 heterocycles. The Bertz CT molecular complexity index is 447. The van der Waals surface area contributed by atoms with E-state index in [1.807, 2.05) is 30.3 Å². The van der Waals surface area contributed by atoms with Crippen LogP contribution in [0.4, 0.5) is 0 Å². The first-order valence-electron chi connectivity index (χ1n) is 5.04. The molecule has 0 spiro atoms. The number of amides is 1. The van der Waals surface area contributed by atoms with Crippen LogP contribution >= 0.6 is 11.8 Å². The van der Waals surface area contributed by atoms with Crippen LogP contribution in [0.15, 0.2) is 35.3 Å². The van der Waals surface area contributed by atoms with Gasteiger partial charge < -0.3 is 10.1 Å². The van der Waals surface area contributed by atoms with Crippen LogP contribution in [0.25, 0.3) is 0 Å². The second-order valence-corrected chi connectivity index (χ2v) is 4.83. The molecule has 2 atom stereocenters. The Morgan fingerprint density at radius 1 is 1.38 bits per heavy atom. The standard InChI is InChI=1S/C11H10N2O2S/c14-10-9-11(13-10)16-8(12-9)6-15-7-4-2-1-3-5-7/h1-5,9,11H,6H2,(H,13,14)/t9-,11-/m1/s1. The molecule has 0 saturated carbocycles. The highest BCUT2D eigenvalue weighted by atomic mass is 32.2. The molecule has 2 aliphatic heterocycles. The lowest BCUT2D eigenvalue weighted by Gasteiger charge is -2.27. The van der Waals surface area contributed by atoms with Crippen molar-refractivity contribution in [2.45, 2.75) is 11.4 Å². The molecule has 0 bridgehead atoms. The van der Waals surface area contributed by atoms with E-state index in [2.05, 4.69) is 10.3 Å². The van der Waals surface area contributed by atoms with Gasteiger partial charge in [-0.2, -0.15) is 0 Å². The minimum absolute atomic E-state index is 0.0206. The lowest BCUT2D eigenvalue weighted by molar-refractivity contribution is -0.127. The number of hydrogen-bond donors (Lipinski definition) is 1. The monoisotopic (exact) mass is 234 g/mol. The zero-order chi connectivity index (χ0) is 11.0. The molecule has 1 aromatic carbocycles. The fourth-order valence-corrected chi connectivity index (χ4v) is 2.71. The molecule has 4 nitrogen and oxygen atoms in total. The van der Waals surface area contributed by atoms with Crippen molar-refractivity contribution in [3.05, 3.63) is 30.3 Å². The fraction of sp³-hybridized carbons (Fsp3) is 0.273. The zero-order valence-corrected chi connectivity index (χ0v) is 9.24. The molecule has 5 heteroatoms. The SMILES string of the molecule is O=C1N[C@@H]2SC(COc3ccccc3)=N[C@H]12. The number of nitrogens with zero attached hydrogens (tertiary/aromatic N) is 1. The molecule has 1 saturated heterocycles. The van der Waals surface area contributed by atoms with Crippen molar-refractivity contribution < 1.29 is 9.53 Å². The molecule has 0 unspecified atom stereocenters. The van der Waals surface area contributed by atoms with Gasteiger partial charge in [0, 0.05) is 0 Å². The number of thioether (sulfide) groups is 1. The Hall–Kier alpha value is -1.49. The van der Waals surface area contributed by atoms with Crippen molar-refractivity contribution in [1.82, 2.24) is 5.32 Å². The first-order valence-corrected chi connectivity index (χ1v) is 5.92. The molecule has 0 aromatic heterocycles. The number of nitrogens with one attached hydrogen (secondary N) is 1. The van der Waals surface area contributed by atoms with E-state index in [1.54, 1.807) is 11.8 Å². The summed E-state index contributed by atoms with van der Waals surface area (Å²) in [6, 6.07) is 9.41. The average molecular weight is 234 g/mol. The number of ether oxygens (including phenoxy) is 1. The second kappa shape index (κ2) is 3.83. The fourth-order valence-electron chi connectivity index (χ4n) is 1.63. The van der Waals surface area contributed by atoms with E-state index < -0.39 is 0 Å². The van der Waals surface area contributed by atoms with Crippen LogP contribution in [0.2, 0.25) is 0 Å². The summed E-state index contributed by atoms with van der Waals surface area (Å²) in [5.41, 5.74) is 0. The molecule has 16 heavy (non-hydrogen) atoms. The van der Waals surface area contributed by atoms with Crippen LogP contribution < -0.4 is 10.1 Å². The number of β-lactam (4-membered cyclic amide) rings is 1. The Kier molecular flexibility index (Phi) is 2.32. The highest BCUT2D eigenvalue weighted by Crippen LogP contribution is 2.31. The third kappa shape index (κ3) is 1.67. The third-order valence-corrected chi connectivity index (χ3v) is 3.62. The first-order chi connectivity index (χ1) is 7.83. The summed E-state index contributed by atoms with van der Waals surface area (Å²) in [5.74, 6) is 0.844. The predicted molar refractivity (Wildman–Crippen MR) is 62.7 cm³/mol. The number of benzene rings is 1. The van der Waals surface area contributed by atoms with Crippen molar-refractivity contribution in [2.24, 2.45) is 4.99 Å². The van der Waals surface area contributed by atoms with Crippen LogP contribution in [0.3, 0.4) is 0 Å². The maximum atomic E-state index is 11.1. The van der Waals surface area contributed by atoms with Gasteiger partial charge in [0.05, 0.1) is 0 Å². The molecule has 82 valence electrons. The Balaban J connectivity index is 1.59. The Labute approximate surface area is 97.1 Å². The van der Waals surface area contributed by atoms with E-state index in [0.717, 1.165) is 10.8 Å². The molecule has 1 amide bonds. The van der Waals surface area contributed by atoms with Gasteiger partial charge in [-0.25, -0.2) is 0 Å². The largest absolute Gasteiger partial charge is 0.487 e. The molecule has 1 N–H and O–H groups in total. The van der Waals surface area contributed by atoms with E-state index in [4.69, 9.17) is 4.74 Å². The lowest BCUT2D eigenvalue weighted by Crippen LogP contribution is -2.57. The topological polar surface area (TPSA) is 50.7 Å². The number of para-hydroxylation sites is 1. The van der Waals surface area contributed by atoms with Crippen LogP contribution in [0.5, 0.6) is 5.75 Å². The van der Waals surface area contributed by atoms with Crippen LogP contribution in [-0.4, -0.2) is 29.0 Å². The smallest absolute Gasteiger partial charge is 0.248 e. The number of carbonyl (C=O) groups is 1. The first kappa shape index (κ1) is 9.72. The van der Waals surface area contributed by atoms with Crippen molar-refractivity contribution in [1.29, 1.82) is 0 Å². The summed E-state index contributed by atoms with van der Waals surface area (Å²) in [5, 5.41) is 3.81. The van der Waals surface area contributed by atoms with Crippen LogP contribution in [0, 0.1) is 0 Å². The maximum Gasteiger partial charge on any atom is 0.248 e. The van der Waals surface area contributed by atoms with Gasteiger partial charge in [-0.15, -0.1) is 0 Å². The van der Waals surface area contributed by atoms with Crippen molar-refractivity contribution in [3.8, 4) is 5.75 Å². The van der Waals surface area contributed by atoms with Gasteiger partial charge in [-0.05, 0) is 12.1 Å². The Morgan fingerprint density at radius 2 is 2.19 bits per heavy atom. The number of hydrogen-bond acceptors (Lipinski definition) is 4. The van der Waals surface area contributed by atoms with Gasteiger partial charge >= 0.3 is 0 Å². The number of fused-ring (bicyclic) bond motifs is 1. The number of aliphatic imine (C=N–C) groups is 1. The minimum Gasteiger partial charge on any atom is -0.487 e. The predicted octanol–water partition coefficient (Wildman–Crippen LogP) is 1.04. The van der Waals surface area contributed by atoms with Crippen LogP contribution in [0.1, 0.15) is 0 Å². The van der Waals surface area contributed by atoms with Crippen LogP contribution in [-0.2, 0) is 4.79 Å². The molecule has 0 radical (unpaired) electrons. The van der Waals surface area contributed by atoms with Gasteiger partial charge in [0.2, 0.25) is 5.91 Å². The lowest BCUT2D eigenvalue weighted by atomic mass is 10.2. The van der Waals surface area contributed by atoms with E-state index in [1.165, 1.54) is 0 Å². The van der Waals surface area contributed by atoms with Gasteiger partial charge in [0.25, 0.3) is 0 Å². The summed E-state index contributed by atoms with van der Waals surface area (Å²) in [6.45, 7) is 0.441. The van der Waals surface area contributed by atoms with Gasteiger partial charge in [0.15, 0.2) is 6.04 Å². The van der Waals surface area contributed by atoms with Crippen molar-refractivity contribution in [3.63, 3.8) is 0 Å². The summed E-state index contributed by atoms with van der Waals surface area (Å²) >= 11 is 1.58. The molecular formula is C11H10N2O2S. The van der Waals surface area contributed by atoms with Gasteiger partial charge in [0.1, 0.15) is 22.8 Å². The molecule has 3 rings (SSSR count). The van der Waals surface area contributed by atoms with Gasteiger partial charge in [-0.1, -0.05) is 30.0 Å². The van der Waals surface area contributed by atoms with E-state index in [9.17, 15) is 4.79 Å². The molecule has 1 aromatic rings. The molecule has 2 aliphatic rings. The normalized spacial score (nSPS) is 26.5. The maximum absolute atomic E-state index is 11.1. The molecular weight excluding hydrogens is 224 g/mol. The van der Waals surface area contributed by atoms with E-state index >= 15 is 0 Å². The minimum atomic E-state index is -0.181. The summed E-state index contributed by atoms with van der Waals surface area (Å²) < 4.78 is 5.56. The highest BCUT2D eigenvalue weighted by molar-refractivity contribution is 8.15. The second-order valence-electron chi connectivity index (χ2n) is 3.62. The highest BCUT2D eigenvalue weighted by Gasteiger charge is 2.44. The van der Waals surface area contributed by atoms with E-state index in [0.29, 0.717) is 6.61 Å².